The molecule has 1 N–H and O–H groups in total. The van der Waals surface area contributed by atoms with Gasteiger partial charge in [0, 0.05) is 57.5 Å². The van der Waals surface area contributed by atoms with Gasteiger partial charge < -0.3 is 29.2 Å². The zero-order valence-corrected chi connectivity index (χ0v) is 16.6. The lowest BCUT2D eigenvalue weighted by molar-refractivity contribution is -0.172. The van der Waals surface area contributed by atoms with Crippen molar-refractivity contribution in [1.82, 2.24) is 24.7 Å². The largest absolute Gasteiger partial charge is 0.378 e. The third kappa shape index (κ3) is 3.60. The number of fused-ring (bicyclic) bond motifs is 2. The number of piperidine rings is 1. The molecule has 28 heavy (non-hydrogen) atoms. The second-order valence-corrected chi connectivity index (χ2v) is 8.04. The van der Waals surface area contributed by atoms with Crippen molar-refractivity contribution in [2.24, 2.45) is 0 Å². The fraction of sp³-hybridized carbons (Fsp3) is 0.737. The van der Waals surface area contributed by atoms with E-state index in [1.807, 2.05) is 34.4 Å². The summed E-state index contributed by atoms with van der Waals surface area (Å²) in [7, 11) is 0. The van der Waals surface area contributed by atoms with Crippen LogP contribution in [0.5, 0.6) is 0 Å². The highest BCUT2D eigenvalue weighted by Crippen LogP contribution is 2.40. The van der Waals surface area contributed by atoms with Crippen molar-refractivity contribution in [1.29, 1.82) is 0 Å². The van der Waals surface area contributed by atoms with Gasteiger partial charge in [0.1, 0.15) is 11.4 Å². The van der Waals surface area contributed by atoms with E-state index in [9.17, 15) is 9.59 Å². The van der Waals surface area contributed by atoms with Crippen molar-refractivity contribution in [3.05, 3.63) is 18.2 Å². The summed E-state index contributed by atoms with van der Waals surface area (Å²) in [6, 6.07) is 0.121. The molecule has 1 atom stereocenters. The van der Waals surface area contributed by atoms with E-state index >= 15 is 0 Å². The summed E-state index contributed by atoms with van der Waals surface area (Å²) in [5.41, 5.74) is -0.622. The average Bonchev–Trinajstić information content (AvgIpc) is 3.18. The Kier molecular flexibility index (Phi) is 5.29. The summed E-state index contributed by atoms with van der Waals surface area (Å²) in [4.78, 5) is 33.6. The molecule has 0 bridgehead atoms. The molecule has 3 amide bonds. The topological polar surface area (TPSA) is 88.9 Å². The van der Waals surface area contributed by atoms with E-state index in [2.05, 4.69) is 10.3 Å². The first-order chi connectivity index (χ1) is 13.5. The maximum Gasteiger partial charge on any atom is 0.320 e. The Morgan fingerprint density at radius 1 is 1.18 bits per heavy atom. The maximum absolute atomic E-state index is 12.8. The van der Waals surface area contributed by atoms with Crippen LogP contribution >= 0.6 is 0 Å². The third-order valence-electron chi connectivity index (χ3n) is 5.70. The highest BCUT2D eigenvalue weighted by Gasteiger charge is 2.48. The molecular formula is C19H29N5O4. The second-order valence-electron chi connectivity index (χ2n) is 8.04. The van der Waals surface area contributed by atoms with Crippen LogP contribution in [0.2, 0.25) is 0 Å². The van der Waals surface area contributed by atoms with Gasteiger partial charge in [-0.25, -0.2) is 9.78 Å². The molecule has 154 valence electrons. The quantitative estimate of drug-likeness (QED) is 0.795. The Labute approximate surface area is 165 Å². The molecule has 3 aliphatic rings. The highest BCUT2D eigenvalue weighted by atomic mass is 16.5. The molecule has 9 nitrogen and oxygen atoms in total. The number of nitrogens with one attached hydrogen (secondary N) is 1. The first-order valence-corrected chi connectivity index (χ1v) is 10.1. The number of nitrogens with zero attached hydrogens (tertiary/aromatic N) is 4. The van der Waals surface area contributed by atoms with E-state index in [0.29, 0.717) is 58.8 Å². The predicted molar refractivity (Wildman–Crippen MR) is 101 cm³/mol. The summed E-state index contributed by atoms with van der Waals surface area (Å²) in [6.45, 7) is 7.98. The molecule has 9 heteroatoms. The Balaban J connectivity index is 1.47. The fourth-order valence-corrected chi connectivity index (χ4v) is 4.27. The predicted octanol–water partition coefficient (Wildman–Crippen LogP) is 0.550. The van der Waals surface area contributed by atoms with Gasteiger partial charge >= 0.3 is 6.03 Å². The monoisotopic (exact) mass is 391 g/mol. The summed E-state index contributed by atoms with van der Waals surface area (Å²) in [5.74, 6) is 0.764. The van der Waals surface area contributed by atoms with Crippen molar-refractivity contribution in [3.63, 3.8) is 0 Å². The Bertz CT molecular complexity index is 720. The van der Waals surface area contributed by atoms with Crippen molar-refractivity contribution in [2.45, 2.75) is 51.0 Å². The van der Waals surface area contributed by atoms with E-state index in [0.717, 1.165) is 5.82 Å². The highest BCUT2D eigenvalue weighted by molar-refractivity contribution is 5.81. The SMILES string of the molecule is CC(C)NC(=O)[C@H]1Cn2ccnc2C2(CCN(C(=O)N3CCOCC3)CC2)O1. The Morgan fingerprint density at radius 3 is 2.54 bits per heavy atom. The van der Waals surface area contributed by atoms with E-state index in [1.54, 1.807) is 6.20 Å². The van der Waals surface area contributed by atoms with Crippen LogP contribution in [0.4, 0.5) is 4.79 Å². The van der Waals surface area contributed by atoms with Crippen LogP contribution in [0.3, 0.4) is 0 Å². The molecule has 2 saturated heterocycles. The van der Waals surface area contributed by atoms with Crippen LogP contribution in [0.15, 0.2) is 12.4 Å². The van der Waals surface area contributed by atoms with Crippen LogP contribution in [0.25, 0.3) is 0 Å². The molecule has 1 aromatic rings. The van der Waals surface area contributed by atoms with E-state index in [4.69, 9.17) is 9.47 Å². The number of carbonyl (C=O) groups is 2. The molecular weight excluding hydrogens is 362 g/mol. The molecule has 1 aromatic heterocycles. The van der Waals surface area contributed by atoms with Gasteiger partial charge in [-0.3, -0.25) is 4.79 Å². The number of aromatic nitrogens is 2. The molecule has 0 unspecified atom stereocenters. The van der Waals surface area contributed by atoms with Crippen LogP contribution in [0.1, 0.15) is 32.5 Å². The van der Waals surface area contributed by atoms with Gasteiger partial charge in [-0.15, -0.1) is 0 Å². The lowest BCUT2D eigenvalue weighted by atomic mass is 9.88. The maximum atomic E-state index is 12.8. The third-order valence-corrected chi connectivity index (χ3v) is 5.70. The first kappa shape index (κ1) is 19.2. The molecule has 0 aromatic carbocycles. The van der Waals surface area contributed by atoms with Gasteiger partial charge in [-0.1, -0.05) is 0 Å². The van der Waals surface area contributed by atoms with Crippen molar-refractivity contribution < 1.29 is 19.1 Å². The van der Waals surface area contributed by atoms with E-state index < -0.39 is 11.7 Å². The number of imidazole rings is 1. The lowest BCUT2D eigenvalue weighted by Gasteiger charge is -2.46. The second kappa shape index (κ2) is 7.71. The van der Waals surface area contributed by atoms with Gasteiger partial charge in [-0.2, -0.15) is 0 Å². The van der Waals surface area contributed by atoms with Crippen LogP contribution in [-0.4, -0.2) is 82.8 Å². The number of carbonyl (C=O) groups excluding carboxylic acids is 2. The van der Waals surface area contributed by atoms with Crippen molar-refractivity contribution in [2.75, 3.05) is 39.4 Å². The number of rotatable bonds is 2. The van der Waals surface area contributed by atoms with Crippen molar-refractivity contribution >= 4 is 11.9 Å². The molecule has 1 spiro atoms. The van der Waals surface area contributed by atoms with E-state index in [-0.39, 0.29) is 18.0 Å². The first-order valence-electron chi connectivity index (χ1n) is 10.1. The summed E-state index contributed by atoms with van der Waals surface area (Å²) in [5, 5.41) is 2.95. The smallest absolute Gasteiger partial charge is 0.320 e. The molecule has 0 radical (unpaired) electrons. The summed E-state index contributed by atoms with van der Waals surface area (Å²) < 4.78 is 13.7. The number of amides is 3. The molecule has 4 rings (SSSR count). The zero-order chi connectivity index (χ0) is 19.7. The summed E-state index contributed by atoms with van der Waals surface area (Å²) >= 11 is 0. The number of morpholine rings is 1. The number of urea groups is 1. The minimum atomic E-state index is -0.622. The van der Waals surface area contributed by atoms with Gasteiger partial charge in [0.2, 0.25) is 0 Å². The number of ether oxygens (including phenoxy) is 2. The number of hydrogen-bond acceptors (Lipinski definition) is 5. The fourth-order valence-electron chi connectivity index (χ4n) is 4.27. The van der Waals surface area contributed by atoms with Gasteiger partial charge in [0.25, 0.3) is 5.91 Å². The lowest BCUT2D eigenvalue weighted by Crippen LogP contribution is -2.57. The number of hydrogen-bond donors (Lipinski definition) is 1. The van der Waals surface area contributed by atoms with Crippen LogP contribution in [0, 0.1) is 0 Å². The Hall–Kier alpha value is -2.13. The number of likely N-dealkylation sites (tertiary alicyclic amines) is 1. The minimum Gasteiger partial charge on any atom is -0.378 e. The minimum absolute atomic E-state index is 0.0595. The molecule has 4 heterocycles. The molecule has 0 saturated carbocycles. The molecule has 2 fully saturated rings. The standard InChI is InChI=1S/C19H29N5O4/c1-14(2)21-16(25)15-13-24-8-5-20-17(24)19(28-15)3-6-22(7-4-19)18(26)23-9-11-27-12-10-23/h5,8,14-15H,3-4,6-7,9-13H2,1-2H3,(H,21,25)/t15-/m1/s1. The Morgan fingerprint density at radius 2 is 1.86 bits per heavy atom. The van der Waals surface area contributed by atoms with Crippen molar-refractivity contribution in [3.8, 4) is 0 Å². The molecule has 3 aliphatic heterocycles. The average molecular weight is 391 g/mol. The molecule has 0 aliphatic carbocycles. The van der Waals surface area contributed by atoms with Crippen LogP contribution in [-0.2, 0) is 26.4 Å². The van der Waals surface area contributed by atoms with E-state index in [1.165, 1.54) is 0 Å². The van der Waals surface area contributed by atoms with Crippen LogP contribution < -0.4 is 5.32 Å². The van der Waals surface area contributed by atoms with Gasteiger partial charge in [0.05, 0.1) is 19.8 Å². The van der Waals surface area contributed by atoms with Gasteiger partial charge in [0.15, 0.2) is 6.10 Å². The summed E-state index contributed by atoms with van der Waals surface area (Å²) in [6.07, 6.45) is 4.37. The zero-order valence-electron chi connectivity index (χ0n) is 16.6. The normalized spacial score (nSPS) is 24.3. The van der Waals surface area contributed by atoms with Gasteiger partial charge in [-0.05, 0) is 13.8 Å².